The minimum absolute atomic E-state index is 0.0855. The average molecular weight is 281 g/mol. The maximum atomic E-state index is 12.0. The van der Waals surface area contributed by atoms with Gasteiger partial charge < -0.3 is 5.11 Å². The van der Waals surface area contributed by atoms with Gasteiger partial charge in [-0.15, -0.1) is 0 Å². The van der Waals surface area contributed by atoms with Crippen molar-refractivity contribution < 1.29 is 18.3 Å². The number of carbonyl (C=O) groups is 1. The fraction of sp³-hybridized carbons (Fsp3) is 0.0909. The highest BCUT2D eigenvalue weighted by atomic mass is 32.2. The third kappa shape index (κ3) is 3.10. The lowest BCUT2D eigenvalue weighted by atomic mass is 10.1. The summed E-state index contributed by atoms with van der Waals surface area (Å²) in [7, 11) is -3.79. The lowest BCUT2D eigenvalue weighted by molar-refractivity contribution is -0.136. The number of carboxylic acids is 1. The Labute approximate surface area is 109 Å². The number of benzene rings is 1. The normalized spacial score (nSPS) is 11.2. The van der Waals surface area contributed by atoms with Crippen molar-refractivity contribution in [1.29, 1.82) is 0 Å². The minimum atomic E-state index is -3.79. The molecule has 3 N–H and O–H groups in total. The predicted molar refractivity (Wildman–Crippen MR) is 67.2 cm³/mol. The van der Waals surface area contributed by atoms with Crippen LogP contribution in [0.25, 0.3) is 0 Å². The zero-order valence-corrected chi connectivity index (χ0v) is 10.5. The molecule has 19 heavy (non-hydrogen) atoms. The number of hydrogen-bond donors (Lipinski definition) is 3. The van der Waals surface area contributed by atoms with Gasteiger partial charge >= 0.3 is 5.97 Å². The van der Waals surface area contributed by atoms with Gasteiger partial charge in [0.2, 0.25) is 0 Å². The van der Waals surface area contributed by atoms with Crippen LogP contribution in [0.3, 0.4) is 0 Å². The molecule has 8 heteroatoms. The van der Waals surface area contributed by atoms with E-state index in [2.05, 4.69) is 14.9 Å². The molecule has 0 spiro atoms. The second-order valence-corrected chi connectivity index (χ2v) is 5.40. The third-order valence-electron chi connectivity index (χ3n) is 2.37. The van der Waals surface area contributed by atoms with Crippen LogP contribution >= 0.6 is 0 Å². The van der Waals surface area contributed by atoms with Gasteiger partial charge in [-0.1, -0.05) is 18.2 Å². The summed E-state index contributed by atoms with van der Waals surface area (Å²) in [4.78, 5) is 10.7. The lowest BCUT2D eigenvalue weighted by Gasteiger charge is -2.10. The second kappa shape index (κ2) is 5.11. The van der Waals surface area contributed by atoms with E-state index in [1.165, 1.54) is 18.3 Å². The van der Waals surface area contributed by atoms with Crippen LogP contribution in [0.4, 0.5) is 5.69 Å². The summed E-state index contributed by atoms with van der Waals surface area (Å²) in [5, 5.41) is 14.6. The van der Waals surface area contributed by atoms with Crippen molar-refractivity contribution in [2.45, 2.75) is 11.4 Å². The molecule has 0 aliphatic rings. The van der Waals surface area contributed by atoms with Gasteiger partial charge in [-0.3, -0.25) is 14.6 Å². The zero-order valence-electron chi connectivity index (χ0n) is 9.70. The van der Waals surface area contributed by atoms with Gasteiger partial charge in [0.05, 0.1) is 18.3 Å². The van der Waals surface area contributed by atoms with Crippen molar-refractivity contribution in [3.8, 4) is 0 Å². The first kappa shape index (κ1) is 13.1. The highest BCUT2D eigenvalue weighted by molar-refractivity contribution is 7.92. The van der Waals surface area contributed by atoms with Crippen LogP contribution in [0.2, 0.25) is 0 Å². The summed E-state index contributed by atoms with van der Waals surface area (Å²) in [6, 6.07) is 7.63. The summed E-state index contributed by atoms with van der Waals surface area (Å²) in [5.41, 5.74) is 0.623. The molecule has 1 heterocycles. The quantitative estimate of drug-likeness (QED) is 0.751. The van der Waals surface area contributed by atoms with E-state index in [0.717, 1.165) is 0 Å². The van der Waals surface area contributed by atoms with Crippen LogP contribution < -0.4 is 4.72 Å². The predicted octanol–water partition coefficient (Wildman–Crippen LogP) is 0.838. The number of H-pyrrole nitrogens is 1. The highest BCUT2D eigenvalue weighted by Crippen LogP contribution is 2.19. The van der Waals surface area contributed by atoms with E-state index in [4.69, 9.17) is 5.11 Å². The first-order chi connectivity index (χ1) is 8.99. The van der Waals surface area contributed by atoms with Crippen LogP contribution in [0.5, 0.6) is 0 Å². The molecule has 0 fully saturated rings. The SMILES string of the molecule is O=C(O)Cc1ccccc1NS(=O)(=O)c1ccn[nH]1. The Morgan fingerprint density at radius 2 is 2.05 bits per heavy atom. The smallest absolute Gasteiger partial charge is 0.307 e. The Bertz CT molecular complexity index is 680. The number of para-hydroxylation sites is 1. The Hall–Kier alpha value is -2.35. The van der Waals surface area contributed by atoms with Crippen molar-refractivity contribution in [1.82, 2.24) is 10.2 Å². The molecule has 0 aliphatic carbocycles. The molecule has 7 nitrogen and oxygen atoms in total. The van der Waals surface area contributed by atoms with Crippen molar-refractivity contribution in [3.05, 3.63) is 42.1 Å². The fourth-order valence-electron chi connectivity index (χ4n) is 1.53. The Morgan fingerprint density at radius 3 is 2.68 bits per heavy atom. The molecule has 0 bridgehead atoms. The van der Waals surface area contributed by atoms with Crippen molar-refractivity contribution >= 4 is 21.7 Å². The summed E-state index contributed by atoms with van der Waals surface area (Å²) >= 11 is 0. The number of aliphatic carboxylic acids is 1. The number of anilines is 1. The number of nitrogens with one attached hydrogen (secondary N) is 2. The number of rotatable bonds is 5. The van der Waals surface area contributed by atoms with Gasteiger partial charge in [0, 0.05) is 0 Å². The summed E-state index contributed by atoms with van der Waals surface area (Å²) < 4.78 is 26.3. The molecular weight excluding hydrogens is 270 g/mol. The van der Waals surface area contributed by atoms with E-state index in [1.807, 2.05) is 0 Å². The molecule has 0 saturated carbocycles. The maximum Gasteiger partial charge on any atom is 0.307 e. The van der Waals surface area contributed by atoms with Crippen LogP contribution in [-0.2, 0) is 21.2 Å². The Balaban J connectivity index is 2.31. The number of aromatic amines is 1. The average Bonchev–Trinajstić information content (AvgIpc) is 2.85. The molecule has 100 valence electrons. The van der Waals surface area contributed by atoms with Gasteiger partial charge in [-0.05, 0) is 17.7 Å². The van der Waals surface area contributed by atoms with Gasteiger partial charge in [0.1, 0.15) is 0 Å². The summed E-state index contributed by atoms with van der Waals surface area (Å²) in [5.74, 6) is -1.03. The largest absolute Gasteiger partial charge is 0.481 e. The molecule has 0 aliphatic heterocycles. The molecule has 0 atom stereocenters. The topological polar surface area (TPSA) is 112 Å². The first-order valence-corrected chi connectivity index (χ1v) is 6.79. The number of hydrogen-bond acceptors (Lipinski definition) is 4. The van der Waals surface area contributed by atoms with Crippen LogP contribution in [-0.4, -0.2) is 29.7 Å². The molecule has 0 radical (unpaired) electrons. The molecule has 0 amide bonds. The molecule has 1 aromatic heterocycles. The van der Waals surface area contributed by atoms with Gasteiger partial charge in [-0.25, -0.2) is 0 Å². The van der Waals surface area contributed by atoms with E-state index in [-0.39, 0.29) is 17.1 Å². The van der Waals surface area contributed by atoms with Gasteiger partial charge in [-0.2, -0.15) is 13.5 Å². The van der Waals surface area contributed by atoms with Crippen molar-refractivity contribution in [3.63, 3.8) is 0 Å². The lowest BCUT2D eigenvalue weighted by Crippen LogP contribution is -2.15. The molecule has 1 aromatic carbocycles. The van der Waals surface area contributed by atoms with E-state index < -0.39 is 16.0 Å². The zero-order chi connectivity index (χ0) is 13.9. The number of nitrogens with zero attached hydrogens (tertiary/aromatic N) is 1. The number of carboxylic acid groups (broad SMARTS) is 1. The maximum absolute atomic E-state index is 12.0. The van der Waals surface area contributed by atoms with Gasteiger partial charge in [0.15, 0.2) is 5.03 Å². The van der Waals surface area contributed by atoms with Crippen molar-refractivity contribution in [2.24, 2.45) is 0 Å². The standard InChI is InChI=1S/C11H11N3O4S/c15-11(16)7-8-3-1-2-4-9(8)14-19(17,18)10-5-6-12-13-10/h1-6,14H,7H2,(H,12,13)(H,15,16). The molecular formula is C11H11N3O4S. The molecule has 0 saturated heterocycles. The number of aromatic nitrogens is 2. The van der Waals surface area contributed by atoms with Gasteiger partial charge in [0.25, 0.3) is 10.0 Å². The fourth-order valence-corrected chi connectivity index (χ4v) is 2.54. The van der Waals surface area contributed by atoms with E-state index in [9.17, 15) is 13.2 Å². The number of sulfonamides is 1. The molecule has 2 aromatic rings. The highest BCUT2D eigenvalue weighted by Gasteiger charge is 2.17. The monoisotopic (exact) mass is 281 g/mol. The molecule has 2 rings (SSSR count). The van der Waals surface area contributed by atoms with Crippen LogP contribution in [0.1, 0.15) is 5.56 Å². The van der Waals surface area contributed by atoms with E-state index >= 15 is 0 Å². The second-order valence-electron chi connectivity index (χ2n) is 3.75. The summed E-state index contributed by atoms with van der Waals surface area (Å²) in [6.45, 7) is 0. The van der Waals surface area contributed by atoms with E-state index in [0.29, 0.717) is 5.56 Å². The Kier molecular flexibility index (Phi) is 3.52. The minimum Gasteiger partial charge on any atom is -0.481 e. The van der Waals surface area contributed by atoms with Crippen LogP contribution in [0, 0.1) is 0 Å². The van der Waals surface area contributed by atoms with E-state index in [1.54, 1.807) is 18.2 Å². The van der Waals surface area contributed by atoms with Crippen molar-refractivity contribution in [2.75, 3.05) is 4.72 Å². The third-order valence-corrected chi connectivity index (χ3v) is 3.66. The first-order valence-electron chi connectivity index (χ1n) is 5.31. The summed E-state index contributed by atoms with van der Waals surface area (Å²) in [6.07, 6.45) is 1.05. The Morgan fingerprint density at radius 1 is 1.32 bits per heavy atom. The molecule has 0 unspecified atom stereocenters. The van der Waals surface area contributed by atoms with Crippen LogP contribution in [0.15, 0.2) is 41.6 Å².